The van der Waals surface area contributed by atoms with Crippen molar-refractivity contribution < 1.29 is 40.9 Å². The van der Waals surface area contributed by atoms with Crippen LogP contribution in [0, 0.1) is 20.0 Å². The molecule has 0 saturated heterocycles. The first-order valence-corrected chi connectivity index (χ1v) is 3.88. The number of allylic oxidation sites excluding steroid dienone is 2. The SMILES string of the molecule is CC(=O)C1=CC=C[C@@H](O)C1.[C-]#[O+].[C-]#[O+].[C-]#[O+].[Fe]. The number of ketones is 1. The Labute approximate surface area is 110 Å². The summed E-state index contributed by atoms with van der Waals surface area (Å²) < 4.78 is 22.5. The Balaban J connectivity index is -0.000000106. The van der Waals surface area contributed by atoms with Crippen LogP contribution in [0.2, 0.25) is 0 Å². The van der Waals surface area contributed by atoms with Gasteiger partial charge in [-0.15, -0.1) is 0 Å². The van der Waals surface area contributed by atoms with Gasteiger partial charge in [-0.05, 0) is 12.5 Å². The van der Waals surface area contributed by atoms with E-state index in [4.69, 9.17) is 19.1 Å². The monoisotopic (exact) mass is 278 g/mol. The van der Waals surface area contributed by atoms with Crippen molar-refractivity contribution >= 4 is 5.78 Å². The number of hydrogen-bond donors (Lipinski definition) is 1. The molecule has 0 fully saturated rings. The number of rotatable bonds is 1. The number of carbonyl (C=O) groups excluding carboxylic acids is 1. The van der Waals surface area contributed by atoms with Crippen LogP contribution in [-0.2, 0) is 35.8 Å². The van der Waals surface area contributed by atoms with E-state index in [1.54, 1.807) is 18.2 Å². The molecule has 1 aliphatic rings. The van der Waals surface area contributed by atoms with Crippen LogP contribution in [0.25, 0.3) is 0 Å². The first kappa shape index (κ1) is 24.9. The van der Waals surface area contributed by atoms with Crippen LogP contribution in [0.15, 0.2) is 23.8 Å². The Kier molecular flexibility index (Phi) is 29.7. The van der Waals surface area contributed by atoms with Gasteiger partial charge >= 0.3 is 33.9 Å². The summed E-state index contributed by atoms with van der Waals surface area (Å²) in [6, 6.07) is 0. The van der Waals surface area contributed by atoms with Gasteiger partial charge < -0.3 is 5.11 Å². The molecule has 5 nitrogen and oxygen atoms in total. The fraction of sp³-hybridized carbons (Fsp3) is 0.273. The van der Waals surface area contributed by atoms with Crippen LogP contribution < -0.4 is 0 Å². The Bertz CT molecular complexity index is 297. The molecule has 0 radical (unpaired) electrons. The van der Waals surface area contributed by atoms with Gasteiger partial charge in [-0.2, -0.15) is 0 Å². The maximum Gasteiger partial charge on any atom is 0 e. The zero-order chi connectivity index (χ0) is 13.6. The average Bonchev–Trinajstić information content (AvgIpc) is 2.36. The molecule has 6 heteroatoms. The Morgan fingerprint density at radius 2 is 1.71 bits per heavy atom. The number of carbonyl (C=O) groups is 1. The van der Waals surface area contributed by atoms with Gasteiger partial charge in [-0.25, -0.2) is 0 Å². The molecule has 0 amide bonds. The third-order valence-electron chi connectivity index (χ3n) is 1.51. The second kappa shape index (κ2) is 20.3. The summed E-state index contributed by atoms with van der Waals surface area (Å²) in [5, 5.41) is 9.05. The van der Waals surface area contributed by atoms with Crippen LogP contribution in [0.3, 0.4) is 0 Å². The zero-order valence-electron chi connectivity index (χ0n) is 8.95. The molecule has 1 rings (SSSR count). The van der Waals surface area contributed by atoms with Gasteiger partial charge in [0.05, 0.1) is 6.10 Å². The summed E-state index contributed by atoms with van der Waals surface area (Å²) in [5.74, 6) is 0.0448. The fourth-order valence-corrected chi connectivity index (χ4v) is 0.922. The average molecular weight is 278 g/mol. The minimum absolute atomic E-state index is 0. The van der Waals surface area contributed by atoms with Crippen LogP contribution >= 0.6 is 0 Å². The molecule has 0 bridgehead atoms. The van der Waals surface area contributed by atoms with E-state index in [1.165, 1.54) is 6.92 Å². The molecular formula is C11H10FeO5. The van der Waals surface area contributed by atoms with Crippen molar-refractivity contribution in [1.82, 2.24) is 0 Å². The maximum atomic E-state index is 10.7. The van der Waals surface area contributed by atoms with Crippen molar-refractivity contribution in [3.63, 3.8) is 0 Å². The second-order valence-corrected chi connectivity index (χ2v) is 2.40. The molecule has 1 N–H and O–H groups in total. The van der Waals surface area contributed by atoms with Crippen molar-refractivity contribution in [1.29, 1.82) is 0 Å². The van der Waals surface area contributed by atoms with E-state index in [0.717, 1.165) is 0 Å². The molecule has 0 saturated carbocycles. The van der Waals surface area contributed by atoms with Gasteiger partial charge in [0, 0.05) is 23.5 Å². The van der Waals surface area contributed by atoms with Crippen LogP contribution in [-0.4, -0.2) is 17.0 Å². The number of hydrogen-bond acceptors (Lipinski definition) is 2. The van der Waals surface area contributed by atoms with Crippen LogP contribution in [0.1, 0.15) is 13.3 Å². The Hall–Kier alpha value is -1.15. The van der Waals surface area contributed by atoms with E-state index >= 15 is 0 Å². The first-order valence-electron chi connectivity index (χ1n) is 3.88. The van der Waals surface area contributed by atoms with E-state index in [2.05, 4.69) is 20.0 Å². The molecule has 0 aromatic rings. The number of Topliss-reactive ketones (excluding diaryl/α,β-unsaturated/α-hetero) is 1. The van der Waals surface area contributed by atoms with Crippen molar-refractivity contribution in [2.45, 2.75) is 19.4 Å². The number of aliphatic hydroxyl groups is 1. The molecule has 0 heterocycles. The third-order valence-corrected chi connectivity index (χ3v) is 1.51. The standard InChI is InChI=1S/C8H10O2.3CO.Fe/c1-6(9)7-3-2-4-8(10)5-7;3*1-2;/h2-4,8,10H,5H2,1H3;;;;/t8-;;;;/m1..../s1. The summed E-state index contributed by atoms with van der Waals surface area (Å²) in [7, 11) is 0. The van der Waals surface area contributed by atoms with Gasteiger partial charge in [-0.3, -0.25) is 4.79 Å². The fourth-order valence-electron chi connectivity index (χ4n) is 0.922. The van der Waals surface area contributed by atoms with Gasteiger partial charge in [0.2, 0.25) is 0 Å². The predicted molar refractivity (Wildman–Crippen MR) is 50.3 cm³/mol. The Morgan fingerprint density at radius 3 is 1.94 bits per heavy atom. The van der Waals surface area contributed by atoms with E-state index in [1.807, 2.05) is 0 Å². The van der Waals surface area contributed by atoms with E-state index in [-0.39, 0.29) is 22.9 Å². The maximum absolute atomic E-state index is 10.7. The molecule has 0 spiro atoms. The first-order chi connectivity index (χ1) is 7.70. The summed E-state index contributed by atoms with van der Waals surface area (Å²) in [6.07, 6.45) is 5.13. The topological polar surface area (TPSA) is 97.0 Å². The van der Waals surface area contributed by atoms with Gasteiger partial charge in [0.1, 0.15) is 0 Å². The number of aliphatic hydroxyl groups excluding tert-OH is 1. The quantitative estimate of drug-likeness (QED) is 0.434. The summed E-state index contributed by atoms with van der Waals surface area (Å²) in [4.78, 5) is 10.7. The summed E-state index contributed by atoms with van der Waals surface area (Å²) >= 11 is 0. The van der Waals surface area contributed by atoms with Crippen LogP contribution in [0.5, 0.6) is 0 Å². The molecule has 0 unspecified atom stereocenters. The molecule has 92 valence electrons. The molecule has 17 heavy (non-hydrogen) atoms. The smallest absolute Gasteiger partial charge is 0 e. The normalized spacial score (nSPS) is 14.6. The van der Waals surface area contributed by atoms with E-state index in [0.29, 0.717) is 12.0 Å². The summed E-state index contributed by atoms with van der Waals surface area (Å²) in [6.45, 7) is 15.0. The Morgan fingerprint density at radius 1 is 1.29 bits per heavy atom. The minimum atomic E-state index is -0.469. The summed E-state index contributed by atoms with van der Waals surface area (Å²) in [5.41, 5.74) is 0.704. The van der Waals surface area contributed by atoms with Crippen LogP contribution in [0.4, 0.5) is 0 Å². The second-order valence-electron chi connectivity index (χ2n) is 2.40. The molecule has 1 aliphatic carbocycles. The van der Waals surface area contributed by atoms with Gasteiger partial charge in [0.25, 0.3) is 0 Å². The van der Waals surface area contributed by atoms with E-state index in [9.17, 15) is 4.79 Å². The third kappa shape index (κ3) is 14.8. The van der Waals surface area contributed by atoms with Crippen molar-refractivity contribution in [2.75, 3.05) is 0 Å². The van der Waals surface area contributed by atoms with Gasteiger partial charge in [0.15, 0.2) is 5.78 Å². The van der Waals surface area contributed by atoms with Crippen molar-refractivity contribution in [2.24, 2.45) is 0 Å². The van der Waals surface area contributed by atoms with Crippen molar-refractivity contribution in [3.8, 4) is 0 Å². The molecule has 0 aliphatic heterocycles. The molecule has 0 aromatic carbocycles. The zero-order valence-corrected chi connectivity index (χ0v) is 10.1. The molecule has 0 aromatic heterocycles. The minimum Gasteiger partial charge on any atom is 0 e. The van der Waals surface area contributed by atoms with E-state index < -0.39 is 6.10 Å². The van der Waals surface area contributed by atoms with Crippen molar-refractivity contribution in [3.05, 3.63) is 43.8 Å². The molecule has 1 atom stereocenters. The van der Waals surface area contributed by atoms with Gasteiger partial charge in [-0.1, -0.05) is 18.2 Å². The largest absolute Gasteiger partial charge is 0 e. The predicted octanol–water partition coefficient (Wildman–Crippen LogP) is 0.708. The molecular weight excluding hydrogens is 268 g/mol.